The molecule has 0 unspecified atom stereocenters. The van der Waals surface area contributed by atoms with E-state index in [4.69, 9.17) is 9.84 Å². The molecule has 1 aromatic rings. The van der Waals surface area contributed by atoms with Crippen molar-refractivity contribution in [3.05, 3.63) is 24.0 Å². The molecule has 1 N–H and O–H groups in total. The van der Waals surface area contributed by atoms with E-state index in [1.807, 2.05) is 0 Å². The lowest BCUT2D eigenvalue weighted by Gasteiger charge is -2.08. The van der Waals surface area contributed by atoms with Crippen LogP contribution in [0.5, 0.6) is 0 Å². The second-order valence-electron chi connectivity index (χ2n) is 4.21. The summed E-state index contributed by atoms with van der Waals surface area (Å²) in [5.74, 6) is -0.339. The van der Waals surface area contributed by atoms with Crippen LogP contribution in [0.3, 0.4) is 0 Å². The first-order valence-corrected chi connectivity index (χ1v) is 5.57. The lowest BCUT2D eigenvalue weighted by molar-refractivity contribution is 0.0682. The molecule has 90 valence electrons. The van der Waals surface area contributed by atoms with E-state index < -0.39 is 5.97 Å². The molecule has 0 amide bonds. The summed E-state index contributed by atoms with van der Waals surface area (Å²) < 4.78 is 7.17. The number of ether oxygens (including phenoxy) is 1. The number of aromatic carboxylic acids is 1. The van der Waals surface area contributed by atoms with E-state index >= 15 is 0 Å². The molecule has 16 heavy (non-hydrogen) atoms. The van der Waals surface area contributed by atoms with Crippen LogP contribution in [-0.2, 0) is 11.3 Å². The molecular weight excluding hydrogens is 206 g/mol. The largest absolute Gasteiger partial charge is 0.477 e. The predicted octanol–water partition coefficient (Wildman–Crippen LogP) is 2.25. The lowest BCUT2D eigenvalue weighted by Crippen LogP contribution is -2.10. The Morgan fingerprint density at radius 1 is 1.56 bits per heavy atom. The van der Waals surface area contributed by atoms with E-state index in [9.17, 15) is 4.79 Å². The highest BCUT2D eigenvalue weighted by molar-refractivity contribution is 5.85. The van der Waals surface area contributed by atoms with Gasteiger partial charge in [0.25, 0.3) is 0 Å². The minimum absolute atomic E-state index is 0.337. The van der Waals surface area contributed by atoms with Gasteiger partial charge < -0.3 is 14.4 Å². The minimum atomic E-state index is -0.881. The van der Waals surface area contributed by atoms with Gasteiger partial charge in [-0.25, -0.2) is 4.79 Å². The molecular formula is C12H19NO3. The summed E-state index contributed by atoms with van der Waals surface area (Å²) >= 11 is 0. The Morgan fingerprint density at radius 2 is 2.31 bits per heavy atom. The zero-order chi connectivity index (χ0) is 12.0. The maximum atomic E-state index is 10.8. The molecule has 0 saturated carbocycles. The topological polar surface area (TPSA) is 51.5 Å². The highest BCUT2D eigenvalue weighted by atomic mass is 16.5. The predicted molar refractivity (Wildman–Crippen MR) is 61.7 cm³/mol. The third kappa shape index (κ3) is 4.06. The Labute approximate surface area is 95.8 Å². The molecule has 0 bridgehead atoms. The summed E-state index contributed by atoms with van der Waals surface area (Å²) in [7, 11) is 0. The molecule has 4 nitrogen and oxygen atoms in total. The summed E-state index contributed by atoms with van der Waals surface area (Å²) in [5.41, 5.74) is 0.337. The Balaban J connectivity index is 2.27. The number of aryl methyl sites for hydroxylation is 1. The second kappa shape index (κ2) is 6.33. The van der Waals surface area contributed by atoms with Gasteiger partial charge >= 0.3 is 5.97 Å². The maximum Gasteiger partial charge on any atom is 0.352 e. The van der Waals surface area contributed by atoms with Crippen molar-refractivity contribution in [2.75, 3.05) is 13.2 Å². The Morgan fingerprint density at radius 3 is 2.94 bits per heavy atom. The van der Waals surface area contributed by atoms with Crippen LogP contribution in [0.15, 0.2) is 18.3 Å². The van der Waals surface area contributed by atoms with Gasteiger partial charge in [-0.15, -0.1) is 0 Å². The van der Waals surface area contributed by atoms with Crippen molar-refractivity contribution in [2.45, 2.75) is 26.8 Å². The minimum Gasteiger partial charge on any atom is -0.477 e. The van der Waals surface area contributed by atoms with Crippen molar-refractivity contribution in [1.29, 1.82) is 0 Å². The van der Waals surface area contributed by atoms with Crippen molar-refractivity contribution >= 4 is 5.97 Å². The molecule has 0 fully saturated rings. The molecule has 0 aliphatic carbocycles. The fourth-order valence-electron chi connectivity index (χ4n) is 1.46. The summed E-state index contributed by atoms with van der Waals surface area (Å²) in [6.45, 7) is 6.34. The molecule has 0 aliphatic rings. The molecule has 1 aromatic heterocycles. The van der Waals surface area contributed by atoms with Crippen molar-refractivity contribution < 1.29 is 14.6 Å². The first-order valence-electron chi connectivity index (χ1n) is 5.57. The van der Waals surface area contributed by atoms with E-state index in [0.717, 1.165) is 13.0 Å². The van der Waals surface area contributed by atoms with E-state index in [2.05, 4.69) is 13.8 Å². The number of hydrogen-bond donors (Lipinski definition) is 1. The third-order valence-electron chi connectivity index (χ3n) is 2.19. The van der Waals surface area contributed by atoms with E-state index in [0.29, 0.717) is 24.8 Å². The van der Waals surface area contributed by atoms with Gasteiger partial charge in [0, 0.05) is 26.0 Å². The molecule has 1 heterocycles. The molecule has 4 heteroatoms. The van der Waals surface area contributed by atoms with Crippen LogP contribution >= 0.6 is 0 Å². The number of aromatic nitrogens is 1. The average molecular weight is 225 g/mol. The molecule has 0 aliphatic heterocycles. The number of carbonyl (C=O) groups is 1. The highest BCUT2D eigenvalue weighted by Gasteiger charge is 2.07. The normalized spacial score (nSPS) is 10.9. The van der Waals surface area contributed by atoms with Crippen molar-refractivity contribution in [3.8, 4) is 0 Å². The van der Waals surface area contributed by atoms with Gasteiger partial charge in [0.1, 0.15) is 5.69 Å². The third-order valence-corrected chi connectivity index (χ3v) is 2.19. The SMILES string of the molecule is CC(C)COCCCn1cccc1C(=O)O. The van der Waals surface area contributed by atoms with Gasteiger partial charge in [-0.05, 0) is 24.5 Å². The number of carboxylic acid groups (broad SMARTS) is 1. The van der Waals surface area contributed by atoms with Crippen LogP contribution in [-0.4, -0.2) is 28.9 Å². The van der Waals surface area contributed by atoms with E-state index in [1.54, 1.807) is 22.9 Å². The van der Waals surface area contributed by atoms with E-state index in [-0.39, 0.29) is 0 Å². The standard InChI is InChI=1S/C12H19NO3/c1-10(2)9-16-8-4-7-13-6-3-5-11(13)12(14)15/h3,5-6,10H,4,7-9H2,1-2H3,(H,14,15). The van der Waals surface area contributed by atoms with Crippen molar-refractivity contribution in [2.24, 2.45) is 5.92 Å². The summed E-state index contributed by atoms with van der Waals surface area (Å²) in [4.78, 5) is 10.8. The Bertz CT molecular complexity index is 331. The van der Waals surface area contributed by atoms with Crippen LogP contribution in [0.4, 0.5) is 0 Å². The lowest BCUT2D eigenvalue weighted by atomic mass is 10.2. The monoisotopic (exact) mass is 225 g/mol. The molecule has 0 radical (unpaired) electrons. The van der Waals surface area contributed by atoms with Crippen LogP contribution in [0.25, 0.3) is 0 Å². The fourth-order valence-corrected chi connectivity index (χ4v) is 1.46. The first-order chi connectivity index (χ1) is 7.61. The molecule has 0 spiro atoms. The first kappa shape index (κ1) is 12.8. The number of hydrogen-bond acceptors (Lipinski definition) is 2. The number of rotatable bonds is 7. The van der Waals surface area contributed by atoms with E-state index in [1.165, 1.54) is 0 Å². The molecule has 0 saturated heterocycles. The van der Waals surface area contributed by atoms with Gasteiger partial charge in [0.05, 0.1) is 0 Å². The van der Waals surface area contributed by atoms with Gasteiger partial charge in [-0.3, -0.25) is 0 Å². The fraction of sp³-hybridized carbons (Fsp3) is 0.583. The van der Waals surface area contributed by atoms with Crippen LogP contribution in [0, 0.1) is 5.92 Å². The van der Waals surface area contributed by atoms with Crippen molar-refractivity contribution in [1.82, 2.24) is 4.57 Å². The van der Waals surface area contributed by atoms with Crippen molar-refractivity contribution in [3.63, 3.8) is 0 Å². The molecule has 1 rings (SSSR count). The van der Waals surface area contributed by atoms with Gasteiger partial charge in [0.2, 0.25) is 0 Å². The Hall–Kier alpha value is -1.29. The Kier molecular flexibility index (Phi) is 5.05. The second-order valence-corrected chi connectivity index (χ2v) is 4.21. The number of nitrogens with zero attached hydrogens (tertiary/aromatic N) is 1. The summed E-state index contributed by atoms with van der Waals surface area (Å²) in [6.07, 6.45) is 2.62. The maximum absolute atomic E-state index is 10.8. The smallest absolute Gasteiger partial charge is 0.352 e. The van der Waals surface area contributed by atoms with Crippen LogP contribution < -0.4 is 0 Å². The van der Waals surface area contributed by atoms with Gasteiger partial charge in [-0.2, -0.15) is 0 Å². The van der Waals surface area contributed by atoms with Crippen LogP contribution in [0.2, 0.25) is 0 Å². The average Bonchev–Trinajstić information content (AvgIpc) is 2.65. The zero-order valence-corrected chi connectivity index (χ0v) is 9.85. The number of carboxylic acids is 1. The summed E-state index contributed by atoms with van der Waals surface area (Å²) in [5, 5.41) is 8.88. The van der Waals surface area contributed by atoms with Crippen LogP contribution in [0.1, 0.15) is 30.8 Å². The summed E-state index contributed by atoms with van der Waals surface area (Å²) in [6, 6.07) is 3.36. The van der Waals surface area contributed by atoms with Gasteiger partial charge in [-0.1, -0.05) is 13.8 Å². The molecule has 0 atom stereocenters. The zero-order valence-electron chi connectivity index (χ0n) is 9.85. The van der Waals surface area contributed by atoms with Gasteiger partial charge in [0.15, 0.2) is 0 Å². The molecule has 0 aromatic carbocycles. The quantitative estimate of drug-likeness (QED) is 0.724. The highest BCUT2D eigenvalue weighted by Crippen LogP contribution is 2.04.